The van der Waals surface area contributed by atoms with Crippen LogP contribution in [0.15, 0.2) is 23.9 Å². The first kappa shape index (κ1) is 18.7. The maximum absolute atomic E-state index is 12.9. The number of carbonyl (C=O) groups excluding carboxylic acids is 2. The molecule has 3 aliphatic rings. The van der Waals surface area contributed by atoms with Crippen molar-refractivity contribution in [3.63, 3.8) is 0 Å². The highest BCUT2D eigenvalue weighted by Gasteiger charge is 2.62. The van der Waals surface area contributed by atoms with Crippen LogP contribution in [0.3, 0.4) is 0 Å². The quantitative estimate of drug-likeness (QED) is 0.306. The molecule has 0 bridgehead atoms. The smallest absolute Gasteiger partial charge is 0.355 e. The maximum Gasteiger partial charge on any atom is 0.355 e. The first-order valence-electron chi connectivity index (χ1n) is 8.90. The first-order chi connectivity index (χ1) is 11.8. The van der Waals surface area contributed by atoms with Crippen molar-refractivity contribution < 1.29 is 18.8 Å². The monoisotopic (exact) mass is 381 g/mol. The SMILES string of the molecule is C=CCOC(=O)C1=C2CCCS[C@H]2[C@@H]2[C@@H]([C@@H](C)O[Si](C)(C)C)C(=O)N12. The van der Waals surface area contributed by atoms with E-state index in [0.29, 0.717) is 5.70 Å². The summed E-state index contributed by atoms with van der Waals surface area (Å²) in [6.07, 6.45) is 3.34. The third kappa shape index (κ3) is 3.33. The minimum Gasteiger partial charge on any atom is -0.457 e. The summed E-state index contributed by atoms with van der Waals surface area (Å²) < 4.78 is 11.5. The highest BCUT2D eigenvalue weighted by molar-refractivity contribution is 8.00. The van der Waals surface area contributed by atoms with Crippen LogP contribution in [0, 0.1) is 5.92 Å². The Balaban J connectivity index is 1.85. The molecular formula is C18H27NO4SSi. The van der Waals surface area contributed by atoms with Crippen molar-refractivity contribution in [3.8, 4) is 0 Å². The lowest BCUT2D eigenvalue weighted by Gasteiger charge is -2.49. The van der Waals surface area contributed by atoms with Crippen molar-refractivity contribution in [1.29, 1.82) is 0 Å². The molecule has 138 valence electrons. The Kier molecular flexibility index (Phi) is 5.19. The van der Waals surface area contributed by atoms with Gasteiger partial charge in [0.15, 0.2) is 8.32 Å². The van der Waals surface area contributed by atoms with Crippen LogP contribution in [-0.2, 0) is 18.8 Å². The zero-order valence-electron chi connectivity index (χ0n) is 15.4. The fourth-order valence-electron chi connectivity index (χ4n) is 4.09. The summed E-state index contributed by atoms with van der Waals surface area (Å²) in [5.41, 5.74) is 1.58. The molecule has 0 spiro atoms. The number of fused-ring (bicyclic) bond motifs is 3. The molecule has 4 atom stereocenters. The molecule has 2 fully saturated rings. The molecule has 0 saturated carbocycles. The number of β-lactam (4-membered cyclic amide) rings is 1. The summed E-state index contributed by atoms with van der Waals surface area (Å²) >= 11 is 1.86. The van der Waals surface area contributed by atoms with Gasteiger partial charge in [-0.1, -0.05) is 12.7 Å². The van der Waals surface area contributed by atoms with Crippen LogP contribution in [0.1, 0.15) is 19.8 Å². The van der Waals surface area contributed by atoms with E-state index in [2.05, 4.69) is 26.2 Å². The van der Waals surface area contributed by atoms with E-state index in [1.165, 1.54) is 0 Å². The number of nitrogens with zero attached hydrogens (tertiary/aromatic N) is 1. The number of hydrogen-bond acceptors (Lipinski definition) is 5. The number of hydrogen-bond donors (Lipinski definition) is 0. The molecule has 0 aromatic rings. The molecule has 0 N–H and O–H groups in total. The molecule has 3 heterocycles. The van der Waals surface area contributed by atoms with E-state index in [0.717, 1.165) is 24.2 Å². The van der Waals surface area contributed by atoms with Crippen LogP contribution in [-0.4, -0.2) is 54.8 Å². The van der Waals surface area contributed by atoms with Crippen LogP contribution < -0.4 is 0 Å². The number of carbonyl (C=O) groups is 2. The van der Waals surface area contributed by atoms with Gasteiger partial charge in [-0.15, -0.1) is 0 Å². The summed E-state index contributed by atoms with van der Waals surface area (Å²) in [6, 6.07) is 0.0328. The molecule has 0 unspecified atom stereocenters. The normalized spacial score (nSPS) is 29.7. The van der Waals surface area contributed by atoms with E-state index < -0.39 is 14.3 Å². The summed E-state index contributed by atoms with van der Waals surface area (Å²) in [5.74, 6) is 0.513. The topological polar surface area (TPSA) is 55.8 Å². The van der Waals surface area contributed by atoms with Gasteiger partial charge in [-0.3, -0.25) is 4.79 Å². The van der Waals surface area contributed by atoms with Crippen molar-refractivity contribution in [2.24, 2.45) is 5.92 Å². The molecule has 5 nitrogen and oxygen atoms in total. The number of thioether (sulfide) groups is 1. The Morgan fingerprint density at radius 1 is 1.48 bits per heavy atom. The first-order valence-corrected chi connectivity index (χ1v) is 13.4. The Morgan fingerprint density at radius 3 is 2.84 bits per heavy atom. The van der Waals surface area contributed by atoms with E-state index in [1.54, 1.807) is 11.0 Å². The number of amides is 1. The third-order valence-electron chi connectivity index (χ3n) is 4.85. The van der Waals surface area contributed by atoms with Crippen molar-refractivity contribution in [2.45, 2.75) is 56.8 Å². The van der Waals surface area contributed by atoms with E-state index >= 15 is 0 Å². The fourth-order valence-corrected chi connectivity index (χ4v) is 6.83. The number of esters is 1. The van der Waals surface area contributed by atoms with Gasteiger partial charge in [0.25, 0.3) is 0 Å². The van der Waals surface area contributed by atoms with Crippen molar-refractivity contribution in [3.05, 3.63) is 23.9 Å². The van der Waals surface area contributed by atoms with Gasteiger partial charge >= 0.3 is 5.97 Å². The zero-order chi connectivity index (χ0) is 18.4. The predicted molar refractivity (Wildman–Crippen MR) is 102 cm³/mol. The summed E-state index contributed by atoms with van der Waals surface area (Å²) in [6.45, 7) is 12.2. The van der Waals surface area contributed by atoms with Crippen molar-refractivity contribution in [2.75, 3.05) is 12.4 Å². The number of ether oxygens (including phenoxy) is 1. The van der Waals surface area contributed by atoms with Gasteiger partial charge in [-0.05, 0) is 50.7 Å². The minimum atomic E-state index is -1.73. The van der Waals surface area contributed by atoms with Gasteiger partial charge in [-0.25, -0.2) is 4.79 Å². The lowest BCUT2D eigenvalue weighted by Crippen LogP contribution is -2.65. The number of rotatable bonds is 6. The van der Waals surface area contributed by atoms with Crippen LogP contribution >= 0.6 is 11.8 Å². The third-order valence-corrected chi connectivity index (χ3v) is 7.37. The van der Waals surface area contributed by atoms with Gasteiger partial charge in [0.2, 0.25) is 5.91 Å². The second-order valence-corrected chi connectivity index (χ2v) is 13.5. The predicted octanol–water partition coefficient (Wildman–Crippen LogP) is 2.95. The molecule has 3 rings (SSSR count). The van der Waals surface area contributed by atoms with Crippen LogP contribution in [0.25, 0.3) is 0 Å². The Morgan fingerprint density at radius 2 is 2.20 bits per heavy atom. The lowest BCUT2D eigenvalue weighted by molar-refractivity contribution is -0.161. The minimum absolute atomic E-state index is 0.00352. The fraction of sp³-hybridized carbons (Fsp3) is 0.667. The second-order valence-electron chi connectivity index (χ2n) is 7.82. The van der Waals surface area contributed by atoms with Gasteiger partial charge in [0.05, 0.1) is 18.1 Å². The van der Waals surface area contributed by atoms with E-state index in [9.17, 15) is 9.59 Å². The maximum atomic E-state index is 12.9. The second kappa shape index (κ2) is 6.93. The molecule has 25 heavy (non-hydrogen) atoms. The highest BCUT2D eigenvalue weighted by Crippen LogP contribution is 2.52. The molecule has 0 aromatic heterocycles. The Hall–Kier alpha value is -1.05. The molecule has 7 heteroatoms. The summed E-state index contributed by atoms with van der Waals surface area (Å²) in [5, 5.41) is 0.204. The molecule has 0 aliphatic carbocycles. The van der Waals surface area contributed by atoms with Gasteiger partial charge in [0, 0.05) is 5.25 Å². The molecule has 1 amide bonds. The zero-order valence-corrected chi connectivity index (χ0v) is 17.2. The van der Waals surface area contributed by atoms with Gasteiger partial charge in [-0.2, -0.15) is 11.8 Å². The van der Waals surface area contributed by atoms with Crippen molar-refractivity contribution in [1.82, 2.24) is 4.90 Å². The highest BCUT2D eigenvalue weighted by atomic mass is 32.2. The molecular weight excluding hydrogens is 354 g/mol. The average Bonchev–Trinajstić information content (AvgIpc) is 2.82. The van der Waals surface area contributed by atoms with E-state index in [-0.39, 0.29) is 35.8 Å². The molecule has 2 saturated heterocycles. The van der Waals surface area contributed by atoms with Crippen LogP contribution in [0.4, 0.5) is 0 Å². The summed E-state index contributed by atoms with van der Waals surface area (Å²) in [7, 11) is -1.73. The standard InChI is InChI=1S/C18H27NO4SSi/c1-6-9-22-18(21)14-12-8-7-10-24-16(12)15-13(17(20)19(14)15)11(2)23-25(3,4)5/h6,11,13,15-16H,1,7-10H2,2-5H3/t11-,13-,15+,16-/m1/s1. The summed E-state index contributed by atoms with van der Waals surface area (Å²) in [4.78, 5) is 27.1. The molecule has 0 aromatic carbocycles. The lowest BCUT2D eigenvalue weighted by atomic mass is 9.82. The largest absolute Gasteiger partial charge is 0.457 e. The van der Waals surface area contributed by atoms with Crippen LogP contribution in [0.5, 0.6) is 0 Å². The van der Waals surface area contributed by atoms with Crippen LogP contribution in [0.2, 0.25) is 19.6 Å². The Labute approximate surface area is 154 Å². The average molecular weight is 382 g/mol. The van der Waals surface area contributed by atoms with E-state index in [1.807, 2.05) is 18.7 Å². The van der Waals surface area contributed by atoms with E-state index in [4.69, 9.17) is 9.16 Å². The molecule has 0 radical (unpaired) electrons. The van der Waals surface area contributed by atoms with Crippen molar-refractivity contribution >= 4 is 32.0 Å². The van der Waals surface area contributed by atoms with Gasteiger partial charge in [0.1, 0.15) is 12.3 Å². The van der Waals surface area contributed by atoms with Gasteiger partial charge < -0.3 is 14.1 Å². The Bertz CT molecular complexity index is 627. The molecule has 3 aliphatic heterocycles.